The molecular formula is C26H25N7O5. The van der Waals surface area contributed by atoms with Crippen molar-refractivity contribution in [3.63, 3.8) is 0 Å². The van der Waals surface area contributed by atoms with Crippen LogP contribution in [0.15, 0.2) is 35.0 Å². The molecule has 6 rings (SSSR count). The zero-order valence-electron chi connectivity index (χ0n) is 21.1. The van der Waals surface area contributed by atoms with Crippen LogP contribution in [0.3, 0.4) is 0 Å². The van der Waals surface area contributed by atoms with E-state index in [4.69, 9.17) is 28.6 Å². The number of fused-ring (bicyclic) bond motifs is 2. The number of hydrogen-bond donors (Lipinski definition) is 2. The average molecular weight is 516 g/mol. The number of H-pyrrole nitrogens is 1. The largest absolute Gasteiger partial charge is 0.496 e. The number of carbonyl (C=O) groups excluding carboxylic acids is 1. The molecule has 0 unspecified atom stereocenters. The van der Waals surface area contributed by atoms with E-state index in [-0.39, 0.29) is 12.0 Å². The molecule has 5 aromatic rings. The molecule has 0 aliphatic carbocycles. The monoisotopic (exact) mass is 515 g/mol. The molecule has 1 saturated heterocycles. The van der Waals surface area contributed by atoms with E-state index in [1.807, 2.05) is 6.07 Å². The van der Waals surface area contributed by atoms with Crippen LogP contribution in [0.2, 0.25) is 0 Å². The van der Waals surface area contributed by atoms with Gasteiger partial charge >= 0.3 is 0 Å². The standard InChI is InChI=1S/C26H25N7O5/c1-13-30-18-11-29-22(33-25(18)37-13)17-10-28-23-21(17)26(38-16-6-7-36-12-16)32-20(31-23)9-14-4-5-15(24(34)27-2)8-19(14)35-3/h4-5,8,10-11,16H,6-7,9,12H2,1-3H3,(H,27,34)(H,28,31,32)/t16-/m0/s1. The van der Waals surface area contributed by atoms with E-state index in [2.05, 4.69) is 25.3 Å². The van der Waals surface area contributed by atoms with Crippen molar-refractivity contribution in [1.82, 2.24) is 35.2 Å². The number of nitrogens with one attached hydrogen (secondary N) is 2. The van der Waals surface area contributed by atoms with Gasteiger partial charge in [-0.25, -0.2) is 15.0 Å². The van der Waals surface area contributed by atoms with Gasteiger partial charge in [0.05, 0.1) is 37.5 Å². The Morgan fingerprint density at radius 1 is 1.24 bits per heavy atom. The molecule has 38 heavy (non-hydrogen) atoms. The second-order valence-electron chi connectivity index (χ2n) is 8.87. The van der Waals surface area contributed by atoms with Gasteiger partial charge in [-0.3, -0.25) is 4.79 Å². The topological polar surface area (TPSA) is 150 Å². The van der Waals surface area contributed by atoms with Gasteiger partial charge in [0.15, 0.2) is 11.7 Å². The normalized spacial score (nSPS) is 15.3. The summed E-state index contributed by atoms with van der Waals surface area (Å²) in [5.41, 5.74) is 3.58. The van der Waals surface area contributed by atoms with Gasteiger partial charge in [0.1, 0.15) is 28.8 Å². The summed E-state index contributed by atoms with van der Waals surface area (Å²) in [6.07, 6.45) is 4.39. The zero-order chi connectivity index (χ0) is 26.2. The molecule has 2 N–H and O–H groups in total. The van der Waals surface area contributed by atoms with Gasteiger partial charge in [0.2, 0.25) is 5.88 Å². The van der Waals surface area contributed by atoms with Gasteiger partial charge in [-0.1, -0.05) is 6.07 Å². The predicted octanol–water partition coefficient (Wildman–Crippen LogP) is 2.99. The fraction of sp³-hybridized carbons (Fsp3) is 0.308. The molecule has 194 valence electrons. The second kappa shape index (κ2) is 9.71. The van der Waals surface area contributed by atoms with Gasteiger partial charge in [-0.15, -0.1) is 0 Å². The molecule has 1 aliphatic heterocycles. The van der Waals surface area contributed by atoms with Gasteiger partial charge in [0, 0.05) is 44.1 Å². The van der Waals surface area contributed by atoms with Gasteiger partial charge < -0.3 is 28.9 Å². The lowest BCUT2D eigenvalue weighted by Crippen LogP contribution is -2.18. The summed E-state index contributed by atoms with van der Waals surface area (Å²) in [5.74, 6) is 2.26. The van der Waals surface area contributed by atoms with Crippen molar-refractivity contribution >= 4 is 28.2 Å². The lowest BCUT2D eigenvalue weighted by molar-refractivity contribution is 0.0962. The third-order valence-corrected chi connectivity index (χ3v) is 6.33. The zero-order valence-corrected chi connectivity index (χ0v) is 21.1. The highest BCUT2D eigenvalue weighted by Gasteiger charge is 2.24. The minimum Gasteiger partial charge on any atom is -0.496 e. The van der Waals surface area contributed by atoms with Crippen LogP contribution in [0, 0.1) is 6.92 Å². The lowest BCUT2D eigenvalue weighted by Gasteiger charge is -2.14. The van der Waals surface area contributed by atoms with E-state index >= 15 is 0 Å². The summed E-state index contributed by atoms with van der Waals surface area (Å²) in [6.45, 7) is 2.87. The molecule has 0 radical (unpaired) electrons. The van der Waals surface area contributed by atoms with E-state index in [1.54, 1.807) is 45.6 Å². The van der Waals surface area contributed by atoms with Crippen molar-refractivity contribution in [3.05, 3.63) is 53.4 Å². The smallest absolute Gasteiger partial charge is 0.251 e. The maximum absolute atomic E-state index is 12.1. The van der Waals surface area contributed by atoms with Crippen molar-refractivity contribution < 1.29 is 23.4 Å². The summed E-state index contributed by atoms with van der Waals surface area (Å²) in [6, 6.07) is 5.28. The average Bonchev–Trinajstić information content (AvgIpc) is 3.67. The number of amides is 1. The number of carbonyl (C=O) groups is 1. The summed E-state index contributed by atoms with van der Waals surface area (Å²) >= 11 is 0. The SMILES string of the molecule is CNC(=O)c1ccc(Cc2nc(O[C@H]3CCOC3)c3c(-c4ncc5nc(C)oc5n4)c[nH]c3n2)c(OC)c1. The Balaban J connectivity index is 1.42. The Morgan fingerprint density at radius 2 is 2.13 bits per heavy atom. The Bertz CT molecular complexity index is 1660. The quantitative estimate of drug-likeness (QED) is 0.331. The second-order valence-corrected chi connectivity index (χ2v) is 8.87. The highest BCUT2D eigenvalue weighted by molar-refractivity contribution is 5.96. The number of rotatable bonds is 7. The van der Waals surface area contributed by atoms with Crippen LogP contribution in [0.25, 0.3) is 33.7 Å². The van der Waals surface area contributed by atoms with Crippen LogP contribution in [-0.2, 0) is 11.2 Å². The molecule has 1 fully saturated rings. The van der Waals surface area contributed by atoms with Gasteiger partial charge in [-0.2, -0.15) is 9.97 Å². The fourth-order valence-electron chi connectivity index (χ4n) is 4.47. The van der Waals surface area contributed by atoms with E-state index in [9.17, 15) is 4.79 Å². The Kier molecular flexibility index (Phi) is 6.08. The summed E-state index contributed by atoms with van der Waals surface area (Å²) < 4.78 is 23.0. The highest BCUT2D eigenvalue weighted by Crippen LogP contribution is 2.34. The molecule has 12 nitrogen and oxygen atoms in total. The Morgan fingerprint density at radius 3 is 2.92 bits per heavy atom. The number of benzene rings is 1. The molecule has 4 aromatic heterocycles. The summed E-state index contributed by atoms with van der Waals surface area (Å²) in [5, 5.41) is 3.29. The van der Waals surface area contributed by atoms with Gasteiger partial charge in [-0.05, 0) is 12.1 Å². The molecule has 1 amide bonds. The first kappa shape index (κ1) is 23.8. The molecular weight excluding hydrogens is 490 g/mol. The first-order valence-electron chi connectivity index (χ1n) is 12.1. The number of oxazole rings is 1. The number of aromatic nitrogens is 6. The van der Waals surface area contributed by atoms with E-state index in [0.717, 1.165) is 12.0 Å². The van der Waals surface area contributed by atoms with Crippen LogP contribution in [0.1, 0.15) is 34.1 Å². The summed E-state index contributed by atoms with van der Waals surface area (Å²) in [7, 11) is 3.15. The molecule has 0 spiro atoms. The molecule has 0 bridgehead atoms. The van der Waals surface area contributed by atoms with Crippen molar-refractivity contribution in [2.45, 2.75) is 25.9 Å². The predicted molar refractivity (Wildman–Crippen MR) is 136 cm³/mol. The van der Waals surface area contributed by atoms with Crippen LogP contribution in [0.5, 0.6) is 11.6 Å². The molecule has 1 atom stereocenters. The Hall–Kier alpha value is -4.58. The maximum atomic E-state index is 12.1. The van der Waals surface area contributed by atoms with E-state index < -0.39 is 0 Å². The Labute approximate surface area is 216 Å². The van der Waals surface area contributed by atoms with Crippen molar-refractivity contribution in [2.75, 3.05) is 27.4 Å². The number of aromatic amines is 1. The highest BCUT2D eigenvalue weighted by atomic mass is 16.5. The first-order valence-corrected chi connectivity index (χ1v) is 12.1. The lowest BCUT2D eigenvalue weighted by atomic mass is 10.1. The van der Waals surface area contributed by atoms with Crippen LogP contribution in [-0.4, -0.2) is 69.3 Å². The molecule has 5 heterocycles. The van der Waals surface area contributed by atoms with E-state index in [1.165, 1.54) is 0 Å². The van der Waals surface area contributed by atoms with Crippen LogP contribution in [0.4, 0.5) is 0 Å². The van der Waals surface area contributed by atoms with Crippen molar-refractivity contribution in [3.8, 4) is 23.0 Å². The molecule has 12 heteroatoms. The molecule has 1 aromatic carbocycles. The number of aryl methyl sites for hydroxylation is 1. The van der Waals surface area contributed by atoms with Crippen molar-refractivity contribution in [1.29, 1.82) is 0 Å². The van der Waals surface area contributed by atoms with Crippen LogP contribution >= 0.6 is 0 Å². The fourth-order valence-corrected chi connectivity index (χ4v) is 4.47. The number of methoxy groups -OCH3 is 1. The first-order chi connectivity index (χ1) is 18.5. The third-order valence-electron chi connectivity index (χ3n) is 6.33. The molecule has 0 saturated carbocycles. The van der Waals surface area contributed by atoms with Crippen molar-refractivity contribution in [2.24, 2.45) is 0 Å². The van der Waals surface area contributed by atoms with Crippen LogP contribution < -0.4 is 14.8 Å². The van der Waals surface area contributed by atoms with E-state index in [0.29, 0.717) is 82.2 Å². The number of nitrogens with zero attached hydrogens (tertiary/aromatic N) is 5. The third kappa shape index (κ3) is 4.39. The molecule has 1 aliphatic rings. The minimum absolute atomic E-state index is 0.134. The minimum atomic E-state index is -0.193. The number of ether oxygens (including phenoxy) is 3. The summed E-state index contributed by atoms with van der Waals surface area (Å²) in [4.78, 5) is 38.2. The van der Waals surface area contributed by atoms with Gasteiger partial charge in [0.25, 0.3) is 11.6 Å². The number of hydrogen-bond acceptors (Lipinski definition) is 10. The maximum Gasteiger partial charge on any atom is 0.251 e.